The topological polar surface area (TPSA) is 166 Å². The molecule has 0 saturated carbocycles. The lowest BCUT2D eigenvalue weighted by Gasteiger charge is -2.04. The third kappa shape index (κ3) is 6.37. The average Bonchev–Trinajstić information content (AvgIpc) is 2.85. The summed E-state index contributed by atoms with van der Waals surface area (Å²) in [5.74, 6) is -1.66. The van der Waals surface area contributed by atoms with E-state index in [0.717, 1.165) is 17.7 Å². The summed E-state index contributed by atoms with van der Waals surface area (Å²) >= 11 is 0. The van der Waals surface area contributed by atoms with Crippen molar-refractivity contribution in [2.45, 2.75) is 0 Å². The number of azo groups is 1. The predicted octanol–water partition coefficient (Wildman–Crippen LogP) is 5.01. The van der Waals surface area contributed by atoms with Crippen molar-refractivity contribution in [2.24, 2.45) is 10.2 Å². The Hall–Kier alpha value is -5.26. The Morgan fingerprint density at radius 1 is 0.912 bits per heavy atom. The second-order valence-corrected chi connectivity index (χ2v) is 6.53. The van der Waals surface area contributed by atoms with Gasteiger partial charge in [-0.1, -0.05) is 30.3 Å². The van der Waals surface area contributed by atoms with Gasteiger partial charge in [0.05, 0.1) is 27.3 Å². The molecule has 12 heteroatoms. The molecular formula is C22H15N5O7. The molecule has 0 bridgehead atoms. The van der Waals surface area contributed by atoms with E-state index in [1.807, 2.05) is 30.3 Å². The van der Waals surface area contributed by atoms with E-state index < -0.39 is 38.7 Å². The molecule has 0 spiro atoms. The first-order chi connectivity index (χ1) is 16.3. The molecule has 170 valence electrons. The van der Waals surface area contributed by atoms with Gasteiger partial charge in [0.25, 0.3) is 11.4 Å². The zero-order chi connectivity index (χ0) is 24.5. The van der Waals surface area contributed by atoms with Crippen LogP contribution in [0.4, 0.5) is 22.7 Å². The van der Waals surface area contributed by atoms with E-state index in [2.05, 4.69) is 15.7 Å². The zero-order valence-electron chi connectivity index (χ0n) is 17.2. The second kappa shape index (κ2) is 10.9. The summed E-state index contributed by atoms with van der Waals surface area (Å²) in [6.45, 7) is 0. The normalized spacial score (nSPS) is 10.8. The Morgan fingerprint density at radius 3 is 2.26 bits per heavy atom. The van der Waals surface area contributed by atoms with Gasteiger partial charge in [-0.05, 0) is 42.0 Å². The number of nitro groups is 2. The molecule has 0 radical (unpaired) electrons. The number of rotatable bonds is 8. The number of nitrogens with zero attached hydrogens (tertiary/aromatic N) is 4. The molecule has 0 fully saturated rings. The zero-order valence-corrected chi connectivity index (χ0v) is 17.2. The van der Waals surface area contributed by atoms with Crippen LogP contribution in [0.25, 0.3) is 6.08 Å². The maximum Gasteiger partial charge on any atom is 0.355 e. The molecule has 0 aliphatic carbocycles. The van der Waals surface area contributed by atoms with Crippen LogP contribution in [0.5, 0.6) is 0 Å². The van der Waals surface area contributed by atoms with E-state index in [9.17, 15) is 29.8 Å². The number of nitro benzene ring substituents is 2. The molecule has 3 aromatic rings. The van der Waals surface area contributed by atoms with Crippen LogP contribution in [0.1, 0.15) is 15.9 Å². The number of anilines is 1. The van der Waals surface area contributed by atoms with Crippen molar-refractivity contribution in [1.82, 2.24) is 0 Å². The van der Waals surface area contributed by atoms with Crippen LogP contribution in [0.15, 0.2) is 89.1 Å². The molecule has 12 nitrogen and oxygen atoms in total. The van der Waals surface area contributed by atoms with Gasteiger partial charge in [0.2, 0.25) is 0 Å². The molecule has 1 amide bonds. The van der Waals surface area contributed by atoms with Crippen LogP contribution in [0.2, 0.25) is 0 Å². The monoisotopic (exact) mass is 461 g/mol. The van der Waals surface area contributed by atoms with Crippen LogP contribution < -0.4 is 5.48 Å². The van der Waals surface area contributed by atoms with Crippen LogP contribution in [-0.2, 0) is 9.63 Å². The first-order valence-electron chi connectivity index (χ1n) is 9.52. The number of amides is 1. The smallest absolute Gasteiger partial charge is 0.339 e. The minimum absolute atomic E-state index is 0.235. The van der Waals surface area contributed by atoms with E-state index in [1.165, 1.54) is 30.3 Å². The standard InChI is InChI=1S/C22H15N5O7/c28-21(13-6-15-4-2-1-3-5-15)34-25-17-9-7-16(8-10-17)23-24-22(29)19-12-11-18(26(30)31)14-20(19)27(32)33/h1-14,25H. The highest BCUT2D eigenvalue weighted by Crippen LogP contribution is 2.26. The van der Waals surface area contributed by atoms with Crippen molar-refractivity contribution < 1.29 is 24.3 Å². The van der Waals surface area contributed by atoms with Gasteiger partial charge in [0.15, 0.2) is 0 Å². The molecule has 3 aromatic carbocycles. The highest BCUT2D eigenvalue weighted by Gasteiger charge is 2.24. The first kappa shape index (κ1) is 23.4. The van der Waals surface area contributed by atoms with E-state index in [4.69, 9.17) is 4.84 Å². The number of benzene rings is 3. The summed E-state index contributed by atoms with van der Waals surface area (Å²) in [6, 6.07) is 17.7. The van der Waals surface area contributed by atoms with E-state index in [0.29, 0.717) is 11.8 Å². The van der Waals surface area contributed by atoms with Crippen LogP contribution in [0, 0.1) is 20.2 Å². The van der Waals surface area contributed by atoms with Gasteiger partial charge < -0.3 is 4.84 Å². The minimum Gasteiger partial charge on any atom is -0.339 e. The molecule has 0 aliphatic rings. The van der Waals surface area contributed by atoms with Gasteiger partial charge in [-0.2, -0.15) is 0 Å². The average molecular weight is 461 g/mol. The van der Waals surface area contributed by atoms with E-state index in [1.54, 1.807) is 6.08 Å². The number of hydrogen-bond acceptors (Lipinski definition) is 9. The van der Waals surface area contributed by atoms with Gasteiger partial charge >= 0.3 is 11.9 Å². The molecular weight excluding hydrogens is 446 g/mol. The Labute approximate surface area is 191 Å². The van der Waals surface area contributed by atoms with Crippen LogP contribution in [0.3, 0.4) is 0 Å². The molecule has 34 heavy (non-hydrogen) atoms. The van der Waals surface area contributed by atoms with Crippen molar-refractivity contribution in [3.63, 3.8) is 0 Å². The number of carbonyl (C=O) groups excluding carboxylic acids is 2. The van der Waals surface area contributed by atoms with Gasteiger partial charge in [-0.15, -0.1) is 10.2 Å². The number of non-ortho nitro benzene ring substituents is 1. The summed E-state index contributed by atoms with van der Waals surface area (Å²) < 4.78 is 0. The summed E-state index contributed by atoms with van der Waals surface area (Å²) in [5, 5.41) is 29.1. The van der Waals surface area contributed by atoms with Crippen molar-refractivity contribution in [3.8, 4) is 0 Å². The molecule has 0 aromatic heterocycles. The van der Waals surface area contributed by atoms with Crippen molar-refractivity contribution in [1.29, 1.82) is 0 Å². The van der Waals surface area contributed by atoms with Crippen molar-refractivity contribution in [3.05, 3.63) is 110 Å². The maximum atomic E-state index is 12.2. The molecule has 0 atom stereocenters. The van der Waals surface area contributed by atoms with Gasteiger partial charge in [-0.25, -0.2) is 10.3 Å². The Kier molecular flexibility index (Phi) is 7.47. The third-order valence-electron chi connectivity index (χ3n) is 4.22. The summed E-state index contributed by atoms with van der Waals surface area (Å²) in [7, 11) is 0. The Bertz CT molecular complexity index is 1290. The summed E-state index contributed by atoms with van der Waals surface area (Å²) in [6.07, 6.45) is 2.85. The fourth-order valence-electron chi connectivity index (χ4n) is 2.59. The second-order valence-electron chi connectivity index (χ2n) is 6.53. The number of carbonyl (C=O) groups is 2. The van der Waals surface area contributed by atoms with Crippen LogP contribution in [-0.4, -0.2) is 21.7 Å². The number of nitrogens with one attached hydrogen (secondary N) is 1. The summed E-state index contributed by atoms with van der Waals surface area (Å²) in [5.41, 5.74) is 2.23. The van der Waals surface area contributed by atoms with Gasteiger partial charge in [0, 0.05) is 12.1 Å². The Balaban J connectivity index is 1.60. The van der Waals surface area contributed by atoms with Gasteiger partial charge in [0.1, 0.15) is 5.56 Å². The Morgan fingerprint density at radius 2 is 1.62 bits per heavy atom. The molecule has 0 heterocycles. The van der Waals surface area contributed by atoms with Crippen LogP contribution >= 0.6 is 0 Å². The fourth-order valence-corrected chi connectivity index (χ4v) is 2.59. The highest BCUT2D eigenvalue weighted by molar-refractivity contribution is 5.99. The lowest BCUT2D eigenvalue weighted by atomic mass is 10.1. The third-order valence-corrected chi connectivity index (χ3v) is 4.22. The van der Waals surface area contributed by atoms with E-state index >= 15 is 0 Å². The lowest BCUT2D eigenvalue weighted by molar-refractivity contribution is -0.394. The maximum absolute atomic E-state index is 12.2. The molecule has 3 rings (SSSR count). The molecule has 0 unspecified atom stereocenters. The number of hydrogen-bond donors (Lipinski definition) is 1. The van der Waals surface area contributed by atoms with Crippen molar-refractivity contribution >= 4 is 40.7 Å². The fraction of sp³-hybridized carbons (Fsp3) is 0. The van der Waals surface area contributed by atoms with Gasteiger partial charge in [-0.3, -0.25) is 25.0 Å². The SMILES string of the molecule is O=C(C=Cc1ccccc1)ONc1ccc(N=NC(=O)c2ccc([N+](=O)[O-])cc2[N+](=O)[O-])cc1. The minimum atomic E-state index is -1.04. The molecule has 1 N–H and O–H groups in total. The molecule has 0 saturated heterocycles. The highest BCUT2D eigenvalue weighted by atomic mass is 16.7. The van der Waals surface area contributed by atoms with Crippen molar-refractivity contribution in [2.75, 3.05) is 5.48 Å². The lowest BCUT2D eigenvalue weighted by Crippen LogP contribution is -2.07. The molecule has 0 aliphatic heterocycles. The predicted molar refractivity (Wildman–Crippen MR) is 120 cm³/mol. The summed E-state index contributed by atoms with van der Waals surface area (Å²) in [4.78, 5) is 49.1. The largest absolute Gasteiger partial charge is 0.355 e. The van der Waals surface area contributed by atoms with E-state index in [-0.39, 0.29) is 5.69 Å². The quantitative estimate of drug-likeness (QED) is 0.211. The first-order valence-corrected chi connectivity index (χ1v) is 9.52.